The van der Waals surface area contributed by atoms with Gasteiger partial charge in [-0.05, 0) is 24.3 Å². The van der Waals surface area contributed by atoms with Gasteiger partial charge in [0.1, 0.15) is 5.82 Å². The number of carbonyl (C=O) groups is 1. The van der Waals surface area contributed by atoms with Crippen LogP contribution in [0, 0.1) is 0 Å². The molecule has 0 aliphatic rings. The summed E-state index contributed by atoms with van der Waals surface area (Å²) in [6.45, 7) is 0. The second-order valence-electron chi connectivity index (χ2n) is 2.95. The third-order valence-electron chi connectivity index (χ3n) is 1.91. The molecule has 0 aliphatic carbocycles. The predicted molar refractivity (Wildman–Crippen MR) is 55.7 cm³/mol. The lowest BCUT2D eigenvalue weighted by atomic mass is 10.2. The second kappa shape index (κ2) is 3.83. The van der Waals surface area contributed by atoms with Gasteiger partial charge in [-0.3, -0.25) is 5.32 Å². The van der Waals surface area contributed by atoms with Crippen LogP contribution in [0.5, 0.6) is 0 Å². The van der Waals surface area contributed by atoms with Gasteiger partial charge in [0.05, 0.1) is 0 Å². The molecule has 1 aromatic heterocycles. The van der Waals surface area contributed by atoms with Gasteiger partial charge in [-0.2, -0.15) is 0 Å². The molecule has 1 heterocycles. The average molecular weight is 203 g/mol. The summed E-state index contributed by atoms with van der Waals surface area (Å²) < 4.78 is 0. The molecule has 2 rings (SSSR count). The number of aromatic amines is 1. The second-order valence-corrected chi connectivity index (χ2v) is 2.95. The number of hydrogen-bond acceptors (Lipinski definition) is 2. The SMILES string of the molecule is O=C(O)Nc1ccc(-c2ncc[nH]2)cc1. The smallest absolute Gasteiger partial charge is 0.409 e. The fraction of sp³-hybridized carbons (Fsp3) is 0. The monoisotopic (exact) mass is 203 g/mol. The minimum atomic E-state index is -1.07. The van der Waals surface area contributed by atoms with E-state index in [0.29, 0.717) is 5.69 Å². The molecule has 15 heavy (non-hydrogen) atoms. The fourth-order valence-electron chi connectivity index (χ4n) is 1.26. The van der Waals surface area contributed by atoms with Gasteiger partial charge in [0.25, 0.3) is 0 Å². The molecule has 5 heteroatoms. The number of aromatic nitrogens is 2. The van der Waals surface area contributed by atoms with Crippen molar-refractivity contribution in [3.63, 3.8) is 0 Å². The number of H-pyrrole nitrogens is 1. The molecule has 1 amide bonds. The summed E-state index contributed by atoms with van der Waals surface area (Å²) in [5.41, 5.74) is 1.45. The number of amides is 1. The maximum atomic E-state index is 10.4. The highest BCUT2D eigenvalue weighted by molar-refractivity contribution is 5.83. The largest absolute Gasteiger partial charge is 0.465 e. The van der Waals surface area contributed by atoms with Gasteiger partial charge in [-0.25, -0.2) is 9.78 Å². The van der Waals surface area contributed by atoms with Crippen molar-refractivity contribution in [2.45, 2.75) is 0 Å². The first kappa shape index (κ1) is 9.26. The first-order valence-electron chi connectivity index (χ1n) is 4.35. The quantitative estimate of drug-likeness (QED) is 0.699. The van der Waals surface area contributed by atoms with E-state index in [1.54, 1.807) is 36.7 Å². The van der Waals surface area contributed by atoms with Crippen molar-refractivity contribution in [1.82, 2.24) is 9.97 Å². The van der Waals surface area contributed by atoms with Crippen molar-refractivity contribution < 1.29 is 9.90 Å². The Hall–Kier alpha value is -2.30. The number of rotatable bonds is 2. The molecule has 2 aromatic rings. The molecule has 1 aromatic carbocycles. The number of imidazole rings is 1. The van der Waals surface area contributed by atoms with Crippen LogP contribution < -0.4 is 5.32 Å². The maximum Gasteiger partial charge on any atom is 0.409 e. The van der Waals surface area contributed by atoms with E-state index in [2.05, 4.69) is 15.3 Å². The molecule has 5 nitrogen and oxygen atoms in total. The molecule has 0 bridgehead atoms. The Balaban J connectivity index is 2.21. The topological polar surface area (TPSA) is 78.0 Å². The van der Waals surface area contributed by atoms with Crippen LogP contribution in [0.3, 0.4) is 0 Å². The molecule has 0 saturated heterocycles. The lowest BCUT2D eigenvalue weighted by Crippen LogP contribution is -2.06. The lowest BCUT2D eigenvalue weighted by molar-refractivity contribution is 0.210. The first-order chi connectivity index (χ1) is 7.25. The van der Waals surface area contributed by atoms with Crippen molar-refractivity contribution in [3.8, 4) is 11.4 Å². The van der Waals surface area contributed by atoms with Crippen LogP contribution >= 0.6 is 0 Å². The molecule has 0 aliphatic heterocycles. The summed E-state index contributed by atoms with van der Waals surface area (Å²) in [6, 6.07) is 6.96. The Labute approximate surface area is 85.8 Å². The zero-order chi connectivity index (χ0) is 10.7. The Kier molecular flexibility index (Phi) is 2.37. The molecule has 76 valence electrons. The Bertz CT molecular complexity index is 448. The van der Waals surface area contributed by atoms with Crippen LogP contribution in [0.25, 0.3) is 11.4 Å². The molecule has 0 spiro atoms. The number of nitrogens with one attached hydrogen (secondary N) is 2. The third-order valence-corrected chi connectivity index (χ3v) is 1.91. The van der Waals surface area contributed by atoms with Gasteiger partial charge in [0.15, 0.2) is 0 Å². The lowest BCUT2D eigenvalue weighted by Gasteiger charge is -2.01. The molecule has 0 atom stereocenters. The van der Waals surface area contributed by atoms with Gasteiger partial charge in [-0.15, -0.1) is 0 Å². The maximum absolute atomic E-state index is 10.4. The van der Waals surface area contributed by atoms with Crippen molar-refractivity contribution in [1.29, 1.82) is 0 Å². The van der Waals surface area contributed by atoms with E-state index in [-0.39, 0.29) is 0 Å². The number of hydrogen-bond donors (Lipinski definition) is 3. The molecule has 0 fully saturated rings. The zero-order valence-corrected chi connectivity index (χ0v) is 7.77. The van der Waals surface area contributed by atoms with Gasteiger partial charge < -0.3 is 10.1 Å². The van der Waals surface area contributed by atoms with E-state index in [9.17, 15) is 4.79 Å². The summed E-state index contributed by atoms with van der Waals surface area (Å²) in [5.74, 6) is 0.761. The van der Waals surface area contributed by atoms with E-state index in [4.69, 9.17) is 5.11 Å². The summed E-state index contributed by atoms with van der Waals surface area (Å²) >= 11 is 0. The number of carboxylic acid groups (broad SMARTS) is 1. The molecule has 3 N–H and O–H groups in total. The van der Waals surface area contributed by atoms with Crippen LogP contribution in [-0.4, -0.2) is 21.2 Å². The number of anilines is 1. The summed E-state index contributed by atoms with van der Waals surface area (Å²) in [7, 11) is 0. The average Bonchev–Trinajstić information content (AvgIpc) is 2.71. The normalized spacial score (nSPS) is 9.87. The third kappa shape index (κ3) is 2.14. The van der Waals surface area contributed by atoms with Crippen LogP contribution in [0.4, 0.5) is 10.5 Å². The summed E-state index contributed by atoms with van der Waals surface area (Å²) in [4.78, 5) is 17.4. The van der Waals surface area contributed by atoms with Crippen molar-refractivity contribution in [3.05, 3.63) is 36.7 Å². The molecule has 0 radical (unpaired) electrons. The van der Waals surface area contributed by atoms with Crippen LogP contribution in [-0.2, 0) is 0 Å². The van der Waals surface area contributed by atoms with Gasteiger partial charge in [0, 0.05) is 23.6 Å². The van der Waals surface area contributed by atoms with Crippen molar-refractivity contribution in [2.75, 3.05) is 5.32 Å². The van der Waals surface area contributed by atoms with E-state index >= 15 is 0 Å². The molecule has 0 unspecified atom stereocenters. The predicted octanol–water partition coefficient (Wildman–Crippen LogP) is 2.17. The van der Waals surface area contributed by atoms with Crippen LogP contribution in [0.1, 0.15) is 0 Å². The highest BCUT2D eigenvalue weighted by Gasteiger charge is 2.00. The minimum Gasteiger partial charge on any atom is -0.465 e. The Morgan fingerprint density at radius 3 is 2.60 bits per heavy atom. The first-order valence-corrected chi connectivity index (χ1v) is 4.35. The molecular formula is C10H9N3O2. The number of nitrogens with zero attached hydrogens (tertiary/aromatic N) is 1. The van der Waals surface area contributed by atoms with Crippen LogP contribution in [0.15, 0.2) is 36.7 Å². The van der Waals surface area contributed by atoms with Crippen molar-refractivity contribution >= 4 is 11.8 Å². The van der Waals surface area contributed by atoms with E-state index in [1.165, 1.54) is 0 Å². The summed E-state index contributed by atoms with van der Waals surface area (Å²) in [5, 5.41) is 10.8. The van der Waals surface area contributed by atoms with Crippen LogP contribution in [0.2, 0.25) is 0 Å². The van der Waals surface area contributed by atoms with Gasteiger partial charge in [-0.1, -0.05) is 0 Å². The summed E-state index contributed by atoms with van der Waals surface area (Å²) in [6.07, 6.45) is 2.33. The molecular weight excluding hydrogens is 194 g/mol. The van der Waals surface area contributed by atoms with E-state index < -0.39 is 6.09 Å². The Morgan fingerprint density at radius 2 is 2.07 bits per heavy atom. The Morgan fingerprint density at radius 1 is 1.33 bits per heavy atom. The highest BCUT2D eigenvalue weighted by Crippen LogP contribution is 2.17. The van der Waals surface area contributed by atoms with Crippen molar-refractivity contribution in [2.24, 2.45) is 0 Å². The zero-order valence-electron chi connectivity index (χ0n) is 7.77. The minimum absolute atomic E-state index is 0.540. The molecule has 0 saturated carbocycles. The highest BCUT2D eigenvalue weighted by atomic mass is 16.4. The van der Waals surface area contributed by atoms with E-state index in [0.717, 1.165) is 11.4 Å². The fourth-order valence-corrected chi connectivity index (χ4v) is 1.26. The number of benzene rings is 1. The van der Waals surface area contributed by atoms with Gasteiger partial charge in [0.2, 0.25) is 0 Å². The standard InChI is InChI=1S/C10H9N3O2/c14-10(15)13-8-3-1-7(2-4-8)9-11-5-6-12-9/h1-6,13H,(H,11,12)(H,14,15). The van der Waals surface area contributed by atoms with E-state index in [1.807, 2.05) is 0 Å². The van der Waals surface area contributed by atoms with Gasteiger partial charge >= 0.3 is 6.09 Å².